The highest BCUT2D eigenvalue weighted by Gasteiger charge is 2.21. The van der Waals surface area contributed by atoms with Crippen molar-refractivity contribution in [1.29, 1.82) is 0 Å². The molecular weight excluding hydrogens is 427 g/mol. The average Bonchev–Trinajstić information content (AvgIpc) is 2.96. The van der Waals surface area contributed by atoms with E-state index in [9.17, 15) is 0 Å². The van der Waals surface area contributed by atoms with Gasteiger partial charge in [0.2, 0.25) is 0 Å². The lowest BCUT2D eigenvalue weighted by atomic mass is 9.91. The topological polar surface area (TPSA) is 57.5 Å². The van der Waals surface area contributed by atoms with E-state index < -0.39 is 0 Å². The number of nitrogens with one attached hydrogen (secondary N) is 2. The lowest BCUT2D eigenvalue weighted by Crippen LogP contribution is -2.51. The Kier molecular flexibility index (Phi) is 9.02. The van der Waals surface area contributed by atoms with Crippen LogP contribution in [0.25, 0.3) is 0 Å². The molecular formula is C18H35IN6. The summed E-state index contributed by atoms with van der Waals surface area (Å²) in [6, 6.07) is 0.424. The van der Waals surface area contributed by atoms with E-state index in [1.165, 1.54) is 24.9 Å². The number of aromatic nitrogens is 2. The number of aliphatic imine (C=N–C) groups is 1. The third kappa shape index (κ3) is 7.83. The van der Waals surface area contributed by atoms with E-state index in [0.29, 0.717) is 11.5 Å². The van der Waals surface area contributed by atoms with Gasteiger partial charge in [-0.3, -0.25) is 9.67 Å². The Hall–Kier alpha value is -0.990. The lowest BCUT2D eigenvalue weighted by Gasteiger charge is -2.34. The fourth-order valence-electron chi connectivity index (χ4n) is 3.11. The summed E-state index contributed by atoms with van der Waals surface area (Å²) >= 11 is 0. The highest BCUT2D eigenvalue weighted by molar-refractivity contribution is 14.0. The van der Waals surface area contributed by atoms with Crippen LogP contribution >= 0.6 is 24.0 Å². The highest BCUT2D eigenvalue weighted by atomic mass is 127. The maximum absolute atomic E-state index is 4.38. The maximum Gasteiger partial charge on any atom is 0.191 e. The summed E-state index contributed by atoms with van der Waals surface area (Å²) in [5.74, 6) is 0.918. The van der Waals surface area contributed by atoms with Gasteiger partial charge in [-0.2, -0.15) is 5.10 Å². The van der Waals surface area contributed by atoms with Gasteiger partial charge in [0.15, 0.2) is 5.96 Å². The smallest absolute Gasteiger partial charge is 0.191 e. The van der Waals surface area contributed by atoms with Gasteiger partial charge in [0.1, 0.15) is 0 Å². The standard InChI is InChI=1S/C18H34N6.HI/c1-18(2,3)9-7-10-20-17(19-4)22-15-8-6-11-24(13-15)16-12-21-23(5)14-16;/h12,14-15H,6-11,13H2,1-5H3,(H2,19,20,22);1H. The van der Waals surface area contributed by atoms with Crippen molar-refractivity contribution >= 4 is 35.6 Å². The van der Waals surface area contributed by atoms with Crippen molar-refractivity contribution in [1.82, 2.24) is 20.4 Å². The lowest BCUT2D eigenvalue weighted by molar-refractivity contribution is 0.365. The summed E-state index contributed by atoms with van der Waals surface area (Å²) in [4.78, 5) is 6.78. The number of piperidine rings is 1. The first-order chi connectivity index (χ1) is 11.4. The van der Waals surface area contributed by atoms with Crippen molar-refractivity contribution in [2.75, 3.05) is 31.6 Å². The Morgan fingerprint density at radius 3 is 2.76 bits per heavy atom. The molecule has 0 amide bonds. The third-order valence-corrected chi connectivity index (χ3v) is 4.44. The fourth-order valence-corrected chi connectivity index (χ4v) is 3.11. The van der Waals surface area contributed by atoms with Crippen molar-refractivity contribution in [3.63, 3.8) is 0 Å². The zero-order valence-electron chi connectivity index (χ0n) is 16.4. The second-order valence-electron chi connectivity index (χ2n) is 7.96. The molecule has 0 saturated carbocycles. The minimum atomic E-state index is 0. The summed E-state index contributed by atoms with van der Waals surface area (Å²) < 4.78 is 1.86. The van der Waals surface area contributed by atoms with Gasteiger partial charge in [-0.25, -0.2) is 0 Å². The zero-order chi connectivity index (χ0) is 17.6. The van der Waals surface area contributed by atoms with Gasteiger partial charge in [-0.05, 0) is 31.1 Å². The molecule has 2 heterocycles. The molecule has 1 aromatic rings. The molecule has 1 aliphatic heterocycles. The molecule has 0 aliphatic carbocycles. The Balaban J connectivity index is 0.00000312. The van der Waals surface area contributed by atoms with Crippen molar-refractivity contribution in [2.45, 2.75) is 52.5 Å². The zero-order valence-corrected chi connectivity index (χ0v) is 18.7. The van der Waals surface area contributed by atoms with Crippen molar-refractivity contribution in [2.24, 2.45) is 17.5 Å². The molecule has 1 atom stereocenters. The summed E-state index contributed by atoms with van der Waals surface area (Å²) in [5.41, 5.74) is 1.60. The minimum Gasteiger partial charge on any atom is -0.367 e. The molecule has 0 spiro atoms. The molecule has 0 aromatic carbocycles. The summed E-state index contributed by atoms with van der Waals surface area (Å²) in [5, 5.41) is 11.3. The molecule has 1 fully saturated rings. The molecule has 1 aromatic heterocycles. The van der Waals surface area contributed by atoms with Gasteiger partial charge in [0.05, 0.1) is 11.9 Å². The normalized spacial score (nSPS) is 18.7. The van der Waals surface area contributed by atoms with Crippen LogP contribution in [0.2, 0.25) is 0 Å². The Labute approximate surface area is 169 Å². The molecule has 25 heavy (non-hydrogen) atoms. The van der Waals surface area contributed by atoms with Crippen LogP contribution in [0, 0.1) is 5.41 Å². The van der Waals surface area contributed by atoms with Crippen LogP contribution in [-0.4, -0.2) is 48.5 Å². The molecule has 0 radical (unpaired) electrons. The third-order valence-electron chi connectivity index (χ3n) is 4.44. The Morgan fingerprint density at radius 2 is 2.16 bits per heavy atom. The number of rotatable bonds is 5. The molecule has 6 nitrogen and oxygen atoms in total. The minimum absolute atomic E-state index is 0. The number of anilines is 1. The first kappa shape index (κ1) is 22.1. The molecule has 7 heteroatoms. The monoisotopic (exact) mass is 462 g/mol. The first-order valence-electron chi connectivity index (χ1n) is 9.08. The van der Waals surface area contributed by atoms with Gasteiger partial charge in [-0.15, -0.1) is 24.0 Å². The van der Waals surface area contributed by atoms with E-state index in [4.69, 9.17) is 0 Å². The van der Waals surface area contributed by atoms with Gasteiger partial charge >= 0.3 is 0 Å². The Bertz CT molecular complexity index is 534. The highest BCUT2D eigenvalue weighted by Crippen LogP contribution is 2.20. The van der Waals surface area contributed by atoms with Gasteiger partial charge in [-0.1, -0.05) is 20.8 Å². The quantitative estimate of drug-likeness (QED) is 0.306. The van der Waals surface area contributed by atoms with Crippen LogP contribution in [-0.2, 0) is 7.05 Å². The number of guanidine groups is 1. The van der Waals surface area contributed by atoms with Gasteiger partial charge < -0.3 is 15.5 Å². The van der Waals surface area contributed by atoms with E-state index in [1.54, 1.807) is 0 Å². The van der Waals surface area contributed by atoms with Crippen molar-refractivity contribution in [3.8, 4) is 0 Å². The molecule has 1 aliphatic rings. The van der Waals surface area contributed by atoms with Crippen LogP contribution in [0.3, 0.4) is 0 Å². The van der Waals surface area contributed by atoms with Crippen molar-refractivity contribution in [3.05, 3.63) is 12.4 Å². The fraction of sp³-hybridized carbons (Fsp3) is 0.778. The van der Waals surface area contributed by atoms with Gasteiger partial charge in [0, 0.05) is 46.0 Å². The largest absolute Gasteiger partial charge is 0.367 e. The van der Waals surface area contributed by atoms with E-state index >= 15 is 0 Å². The van der Waals surface area contributed by atoms with E-state index in [-0.39, 0.29) is 24.0 Å². The van der Waals surface area contributed by atoms with Crippen molar-refractivity contribution < 1.29 is 0 Å². The molecule has 1 saturated heterocycles. The SMILES string of the molecule is CN=C(NCCCC(C)(C)C)NC1CCCN(c2cnn(C)c2)C1.I. The van der Waals surface area contributed by atoms with Crippen LogP contribution < -0.4 is 15.5 Å². The second-order valence-corrected chi connectivity index (χ2v) is 7.96. The number of nitrogens with zero attached hydrogens (tertiary/aromatic N) is 4. The molecule has 0 bridgehead atoms. The van der Waals surface area contributed by atoms with Crippen LogP contribution in [0.4, 0.5) is 5.69 Å². The molecule has 1 unspecified atom stereocenters. The Morgan fingerprint density at radius 1 is 1.40 bits per heavy atom. The average molecular weight is 462 g/mol. The first-order valence-corrected chi connectivity index (χ1v) is 9.08. The van der Waals surface area contributed by atoms with Crippen LogP contribution in [0.1, 0.15) is 46.5 Å². The van der Waals surface area contributed by atoms with E-state index in [0.717, 1.165) is 32.0 Å². The number of aryl methyl sites for hydroxylation is 1. The van der Waals surface area contributed by atoms with Crippen LogP contribution in [0.15, 0.2) is 17.4 Å². The number of halogens is 1. The maximum atomic E-state index is 4.38. The molecule has 144 valence electrons. The second kappa shape index (κ2) is 10.2. The number of hydrogen-bond donors (Lipinski definition) is 2. The van der Waals surface area contributed by atoms with E-state index in [2.05, 4.69) is 52.6 Å². The predicted molar refractivity (Wildman–Crippen MR) is 117 cm³/mol. The molecule has 2 N–H and O–H groups in total. The summed E-state index contributed by atoms with van der Waals surface area (Å²) in [6.07, 6.45) is 8.78. The summed E-state index contributed by atoms with van der Waals surface area (Å²) in [6.45, 7) is 9.92. The summed E-state index contributed by atoms with van der Waals surface area (Å²) in [7, 11) is 3.81. The predicted octanol–water partition coefficient (Wildman–Crippen LogP) is 3.00. The number of hydrogen-bond acceptors (Lipinski definition) is 3. The molecule has 2 rings (SSSR count). The van der Waals surface area contributed by atoms with Crippen LogP contribution in [0.5, 0.6) is 0 Å². The van der Waals surface area contributed by atoms with Gasteiger partial charge in [0.25, 0.3) is 0 Å². The van der Waals surface area contributed by atoms with E-state index in [1.807, 2.05) is 25.0 Å².